The van der Waals surface area contributed by atoms with Gasteiger partial charge in [-0.25, -0.2) is 0 Å². The Labute approximate surface area is 108 Å². The summed E-state index contributed by atoms with van der Waals surface area (Å²) in [4.78, 5) is 16.0. The van der Waals surface area contributed by atoms with Crippen molar-refractivity contribution >= 4 is 38.3 Å². The van der Waals surface area contributed by atoms with Gasteiger partial charge in [0.25, 0.3) is 0 Å². The van der Waals surface area contributed by atoms with Crippen LogP contribution < -0.4 is 5.32 Å². The van der Waals surface area contributed by atoms with Crippen molar-refractivity contribution < 1.29 is 4.79 Å². The predicted molar refractivity (Wildman–Crippen MR) is 73.4 cm³/mol. The number of aromatic nitrogens is 1. The number of nitrogens with zero attached hydrogens (tertiary/aromatic N) is 1. The van der Waals surface area contributed by atoms with Crippen LogP contribution >= 0.6 is 15.9 Å². The Bertz CT molecular complexity index is 555. The number of alkyl halides is 1. The van der Waals surface area contributed by atoms with Gasteiger partial charge in [-0.05, 0) is 26.0 Å². The largest absolute Gasteiger partial charge is 0.324 e. The Morgan fingerprint density at radius 3 is 2.82 bits per heavy atom. The summed E-state index contributed by atoms with van der Waals surface area (Å²) in [5.74, 6) is -0.0678. The average molecular weight is 293 g/mol. The van der Waals surface area contributed by atoms with Gasteiger partial charge in [0, 0.05) is 28.9 Å². The molecule has 0 fully saturated rings. The Balaban J connectivity index is 2.40. The van der Waals surface area contributed by atoms with Gasteiger partial charge in [0.1, 0.15) is 0 Å². The van der Waals surface area contributed by atoms with E-state index >= 15 is 0 Å². The number of hydrogen-bond acceptors (Lipinski definition) is 2. The van der Waals surface area contributed by atoms with Crippen molar-refractivity contribution in [2.24, 2.45) is 0 Å². The molecule has 1 amide bonds. The van der Waals surface area contributed by atoms with Crippen LogP contribution in [0.1, 0.15) is 13.8 Å². The molecule has 0 unspecified atom stereocenters. The van der Waals surface area contributed by atoms with Crippen LogP contribution in [-0.4, -0.2) is 15.2 Å². The van der Waals surface area contributed by atoms with E-state index in [4.69, 9.17) is 0 Å². The Hall–Kier alpha value is -1.42. The van der Waals surface area contributed by atoms with Crippen molar-refractivity contribution in [1.82, 2.24) is 4.98 Å². The zero-order chi connectivity index (χ0) is 12.5. The molecule has 3 nitrogen and oxygen atoms in total. The fourth-order valence-electron chi connectivity index (χ4n) is 1.50. The third-order valence-corrected chi connectivity index (χ3v) is 2.83. The van der Waals surface area contributed by atoms with Crippen molar-refractivity contribution in [2.75, 3.05) is 5.32 Å². The van der Waals surface area contributed by atoms with Crippen LogP contribution in [0.5, 0.6) is 0 Å². The van der Waals surface area contributed by atoms with Gasteiger partial charge in [-0.3, -0.25) is 9.78 Å². The normalized spacial score (nSPS) is 11.5. The number of anilines is 1. The van der Waals surface area contributed by atoms with Gasteiger partial charge in [-0.1, -0.05) is 28.1 Å². The van der Waals surface area contributed by atoms with Crippen molar-refractivity contribution in [2.45, 2.75) is 18.2 Å². The molecule has 88 valence electrons. The first-order valence-corrected chi connectivity index (χ1v) is 6.11. The van der Waals surface area contributed by atoms with E-state index in [2.05, 4.69) is 26.2 Å². The Kier molecular flexibility index (Phi) is 3.15. The molecule has 0 saturated heterocycles. The van der Waals surface area contributed by atoms with Gasteiger partial charge >= 0.3 is 0 Å². The van der Waals surface area contributed by atoms with E-state index in [0.717, 1.165) is 16.5 Å². The predicted octanol–water partition coefficient (Wildman–Crippen LogP) is 3.35. The van der Waals surface area contributed by atoms with Crippen molar-refractivity contribution in [3.05, 3.63) is 36.7 Å². The molecule has 4 heteroatoms. The van der Waals surface area contributed by atoms with Crippen molar-refractivity contribution in [3.63, 3.8) is 0 Å². The number of carbonyl (C=O) groups is 1. The van der Waals surface area contributed by atoms with E-state index in [9.17, 15) is 4.79 Å². The van der Waals surface area contributed by atoms with Crippen LogP contribution in [-0.2, 0) is 4.79 Å². The van der Waals surface area contributed by atoms with Gasteiger partial charge in [0.15, 0.2) is 0 Å². The van der Waals surface area contributed by atoms with Gasteiger partial charge in [0.2, 0.25) is 5.91 Å². The highest BCUT2D eigenvalue weighted by Gasteiger charge is 2.23. The zero-order valence-electron chi connectivity index (χ0n) is 9.70. The lowest BCUT2D eigenvalue weighted by Crippen LogP contribution is -2.31. The minimum absolute atomic E-state index is 0.0678. The maximum atomic E-state index is 11.9. The number of fused-ring (bicyclic) bond motifs is 1. The summed E-state index contributed by atoms with van der Waals surface area (Å²) in [7, 11) is 0. The quantitative estimate of drug-likeness (QED) is 0.863. The first kappa shape index (κ1) is 12.0. The molecule has 1 aromatic heterocycles. The molecular weight excluding hydrogens is 280 g/mol. The molecule has 2 aromatic rings. The van der Waals surface area contributed by atoms with Crippen LogP contribution in [0.25, 0.3) is 10.8 Å². The summed E-state index contributed by atoms with van der Waals surface area (Å²) in [5.41, 5.74) is 0.808. The molecular formula is C13H13BrN2O. The van der Waals surface area contributed by atoms with E-state index in [-0.39, 0.29) is 5.91 Å². The summed E-state index contributed by atoms with van der Waals surface area (Å²) in [6.07, 6.45) is 3.50. The van der Waals surface area contributed by atoms with Gasteiger partial charge in [-0.2, -0.15) is 0 Å². The van der Waals surface area contributed by atoms with E-state index < -0.39 is 4.32 Å². The van der Waals surface area contributed by atoms with Gasteiger partial charge < -0.3 is 5.32 Å². The summed E-state index contributed by atoms with van der Waals surface area (Å²) >= 11 is 3.34. The fraction of sp³-hybridized carbons (Fsp3) is 0.231. The average Bonchev–Trinajstić information content (AvgIpc) is 2.28. The lowest BCUT2D eigenvalue weighted by molar-refractivity contribution is -0.117. The number of hydrogen-bond donors (Lipinski definition) is 1. The lowest BCUT2D eigenvalue weighted by atomic mass is 10.1. The standard InChI is InChI=1S/C13H13BrN2O/c1-13(2,14)12(17)16-11-5-3-4-9-8-15-7-6-10(9)11/h3-8H,1-2H3,(H,16,17). The molecule has 0 spiro atoms. The van der Waals surface area contributed by atoms with Crippen LogP contribution in [0.15, 0.2) is 36.7 Å². The molecule has 0 bridgehead atoms. The highest BCUT2D eigenvalue weighted by Crippen LogP contribution is 2.25. The molecule has 0 saturated carbocycles. The summed E-state index contributed by atoms with van der Waals surface area (Å²) in [6.45, 7) is 3.63. The highest BCUT2D eigenvalue weighted by molar-refractivity contribution is 9.10. The first-order chi connectivity index (χ1) is 7.98. The van der Waals surface area contributed by atoms with Crippen molar-refractivity contribution in [3.8, 4) is 0 Å². The number of pyridine rings is 1. The second kappa shape index (κ2) is 4.45. The molecule has 1 aromatic carbocycles. The highest BCUT2D eigenvalue weighted by atomic mass is 79.9. The van der Waals surface area contributed by atoms with E-state index in [1.165, 1.54) is 0 Å². The summed E-state index contributed by atoms with van der Waals surface area (Å²) in [5, 5.41) is 4.92. The third-order valence-electron chi connectivity index (χ3n) is 2.47. The summed E-state index contributed by atoms with van der Waals surface area (Å²) in [6, 6.07) is 7.66. The number of carbonyl (C=O) groups excluding carboxylic acids is 1. The lowest BCUT2D eigenvalue weighted by Gasteiger charge is -2.16. The van der Waals surface area contributed by atoms with Gasteiger partial charge in [-0.15, -0.1) is 0 Å². The maximum absolute atomic E-state index is 11.9. The SMILES string of the molecule is CC(C)(Br)C(=O)Nc1cccc2cnccc12. The molecule has 17 heavy (non-hydrogen) atoms. The number of rotatable bonds is 2. The van der Waals surface area contributed by atoms with Crippen LogP contribution in [0.4, 0.5) is 5.69 Å². The molecule has 0 aliphatic carbocycles. The van der Waals surface area contributed by atoms with E-state index in [1.807, 2.05) is 38.1 Å². The van der Waals surface area contributed by atoms with E-state index in [1.54, 1.807) is 12.4 Å². The third kappa shape index (κ3) is 2.64. The minimum Gasteiger partial charge on any atom is -0.324 e. The summed E-state index contributed by atoms with van der Waals surface area (Å²) < 4.78 is -0.581. The second-order valence-electron chi connectivity index (χ2n) is 4.33. The monoisotopic (exact) mass is 292 g/mol. The molecule has 1 heterocycles. The number of halogens is 1. The minimum atomic E-state index is -0.581. The van der Waals surface area contributed by atoms with Crippen LogP contribution in [0.2, 0.25) is 0 Å². The number of nitrogens with one attached hydrogen (secondary N) is 1. The topological polar surface area (TPSA) is 42.0 Å². The Morgan fingerprint density at radius 2 is 2.12 bits per heavy atom. The zero-order valence-corrected chi connectivity index (χ0v) is 11.3. The van der Waals surface area contributed by atoms with Gasteiger partial charge in [0.05, 0.1) is 4.32 Å². The number of benzene rings is 1. The maximum Gasteiger partial charge on any atom is 0.240 e. The van der Waals surface area contributed by atoms with Crippen LogP contribution in [0.3, 0.4) is 0 Å². The Morgan fingerprint density at radius 1 is 1.35 bits per heavy atom. The first-order valence-electron chi connectivity index (χ1n) is 5.31. The van der Waals surface area contributed by atoms with Crippen LogP contribution in [0, 0.1) is 0 Å². The van der Waals surface area contributed by atoms with E-state index in [0.29, 0.717) is 0 Å². The molecule has 0 aliphatic rings. The molecule has 0 aliphatic heterocycles. The second-order valence-corrected chi connectivity index (χ2v) is 6.31. The number of amides is 1. The molecule has 1 N–H and O–H groups in total. The molecule has 0 atom stereocenters. The molecule has 0 radical (unpaired) electrons. The smallest absolute Gasteiger partial charge is 0.240 e. The van der Waals surface area contributed by atoms with Crippen molar-refractivity contribution in [1.29, 1.82) is 0 Å². The molecule has 2 rings (SSSR count). The fourth-order valence-corrected chi connectivity index (χ4v) is 1.60.